The third-order valence-electron chi connectivity index (χ3n) is 6.12. The molecule has 1 aliphatic rings. The fourth-order valence-corrected chi connectivity index (χ4v) is 4.51. The summed E-state index contributed by atoms with van der Waals surface area (Å²) in [5.74, 6) is 1.48. The molecule has 2 N–H and O–H groups in total. The Morgan fingerprint density at radius 1 is 1.00 bits per heavy atom. The predicted octanol–water partition coefficient (Wildman–Crippen LogP) is 5.24. The first-order valence-electron chi connectivity index (χ1n) is 10.6. The molecule has 152 valence electrons. The zero-order valence-corrected chi connectivity index (χ0v) is 17.9. The van der Waals surface area contributed by atoms with Crippen LogP contribution in [0.15, 0.2) is 47.3 Å². The van der Waals surface area contributed by atoms with Crippen LogP contribution in [0.2, 0.25) is 0 Å². The van der Waals surface area contributed by atoms with Crippen LogP contribution in [0, 0.1) is 25.7 Å². The van der Waals surface area contributed by atoms with Crippen molar-refractivity contribution in [1.82, 2.24) is 4.98 Å². The lowest BCUT2D eigenvalue weighted by atomic mass is 9.91. The molecular weight excluding hydrogens is 358 g/mol. The van der Waals surface area contributed by atoms with E-state index in [4.69, 9.17) is 0 Å². The van der Waals surface area contributed by atoms with Gasteiger partial charge in [-0.05, 0) is 91.1 Å². The maximum Gasteiger partial charge on any atom is 0.253 e. The smallest absolute Gasteiger partial charge is 0.253 e. The van der Waals surface area contributed by atoms with Gasteiger partial charge in [0, 0.05) is 42.1 Å². The van der Waals surface area contributed by atoms with Crippen molar-refractivity contribution in [3.63, 3.8) is 0 Å². The van der Waals surface area contributed by atoms with Gasteiger partial charge in [0.25, 0.3) is 5.56 Å². The number of aromatic nitrogens is 1. The molecule has 4 nitrogen and oxygen atoms in total. The summed E-state index contributed by atoms with van der Waals surface area (Å²) in [6, 6.07) is 14.8. The average molecular weight is 390 g/mol. The molecule has 2 atom stereocenters. The van der Waals surface area contributed by atoms with E-state index in [1.807, 2.05) is 12.1 Å². The summed E-state index contributed by atoms with van der Waals surface area (Å²) in [6.45, 7) is 11.6. The van der Waals surface area contributed by atoms with Crippen LogP contribution in [0.4, 0.5) is 11.4 Å². The SMILES string of the molecule is Cc1cc2cc(CNc3ccc(N4C[C@H](C)C[C@H](C)C4)cc3)c(=O)[nH]c2cc1C. The van der Waals surface area contributed by atoms with Crippen molar-refractivity contribution in [1.29, 1.82) is 0 Å². The van der Waals surface area contributed by atoms with E-state index >= 15 is 0 Å². The highest BCUT2D eigenvalue weighted by atomic mass is 16.1. The lowest BCUT2D eigenvalue weighted by Crippen LogP contribution is -2.38. The third kappa shape index (κ3) is 4.31. The average Bonchev–Trinajstić information content (AvgIpc) is 2.67. The normalized spacial score (nSPS) is 19.5. The van der Waals surface area contributed by atoms with Crippen LogP contribution in [0.1, 0.15) is 37.0 Å². The number of nitrogens with one attached hydrogen (secondary N) is 2. The molecule has 1 fully saturated rings. The number of H-pyrrole nitrogens is 1. The maximum atomic E-state index is 12.5. The van der Waals surface area contributed by atoms with Crippen LogP contribution in [-0.2, 0) is 6.54 Å². The van der Waals surface area contributed by atoms with Crippen molar-refractivity contribution in [2.45, 2.75) is 40.7 Å². The second-order valence-electron chi connectivity index (χ2n) is 8.90. The Kier molecular flexibility index (Phi) is 5.35. The zero-order chi connectivity index (χ0) is 20.5. The molecule has 1 saturated heterocycles. The zero-order valence-electron chi connectivity index (χ0n) is 17.9. The molecule has 2 aromatic carbocycles. The van der Waals surface area contributed by atoms with Crippen molar-refractivity contribution in [3.05, 3.63) is 69.5 Å². The highest BCUT2D eigenvalue weighted by Crippen LogP contribution is 2.27. The number of piperidine rings is 1. The number of benzene rings is 2. The van der Waals surface area contributed by atoms with Gasteiger partial charge in [0.2, 0.25) is 0 Å². The number of nitrogens with zero attached hydrogens (tertiary/aromatic N) is 1. The molecule has 0 aliphatic carbocycles. The minimum atomic E-state index is -0.0267. The largest absolute Gasteiger partial charge is 0.381 e. The Balaban J connectivity index is 1.47. The number of aromatic amines is 1. The fraction of sp³-hybridized carbons (Fsp3) is 0.400. The number of fused-ring (bicyclic) bond motifs is 1. The molecule has 1 aliphatic heterocycles. The first-order chi connectivity index (χ1) is 13.9. The molecule has 0 bridgehead atoms. The molecule has 3 aromatic rings. The van der Waals surface area contributed by atoms with Crippen molar-refractivity contribution in [3.8, 4) is 0 Å². The minimum absolute atomic E-state index is 0.0267. The number of aryl methyl sites for hydroxylation is 2. The second kappa shape index (κ2) is 7.94. The molecule has 0 saturated carbocycles. The van der Waals surface area contributed by atoms with E-state index < -0.39 is 0 Å². The van der Waals surface area contributed by atoms with Crippen LogP contribution in [0.3, 0.4) is 0 Å². The molecule has 1 aromatic heterocycles. The van der Waals surface area contributed by atoms with Gasteiger partial charge < -0.3 is 15.2 Å². The summed E-state index contributed by atoms with van der Waals surface area (Å²) >= 11 is 0. The Morgan fingerprint density at radius 3 is 2.34 bits per heavy atom. The van der Waals surface area contributed by atoms with Gasteiger partial charge in [-0.3, -0.25) is 4.79 Å². The predicted molar refractivity (Wildman–Crippen MR) is 123 cm³/mol. The Morgan fingerprint density at radius 2 is 1.66 bits per heavy atom. The molecule has 0 unspecified atom stereocenters. The Labute approximate surface area is 173 Å². The number of rotatable bonds is 4. The molecule has 4 heteroatoms. The topological polar surface area (TPSA) is 48.1 Å². The standard InChI is InChI=1S/C25H31N3O/c1-16-9-17(2)15-28(14-16)23-7-5-22(6-8-23)26-13-21-12-20-10-18(3)19(4)11-24(20)27-25(21)29/h5-8,10-12,16-17,26H,9,13-15H2,1-4H3,(H,27,29)/t16-,17+. The van der Waals surface area contributed by atoms with Crippen LogP contribution in [0.5, 0.6) is 0 Å². The number of pyridine rings is 1. The lowest BCUT2D eigenvalue weighted by molar-refractivity contribution is 0.357. The molecule has 0 spiro atoms. The molecule has 29 heavy (non-hydrogen) atoms. The van der Waals surface area contributed by atoms with Crippen LogP contribution in [0.25, 0.3) is 10.9 Å². The minimum Gasteiger partial charge on any atom is -0.381 e. The van der Waals surface area contributed by atoms with Gasteiger partial charge >= 0.3 is 0 Å². The van der Waals surface area contributed by atoms with Gasteiger partial charge in [-0.2, -0.15) is 0 Å². The van der Waals surface area contributed by atoms with Crippen molar-refractivity contribution in [2.24, 2.45) is 11.8 Å². The first kappa shape index (κ1) is 19.6. The van der Waals surface area contributed by atoms with Gasteiger partial charge in [-0.15, -0.1) is 0 Å². The highest BCUT2D eigenvalue weighted by molar-refractivity contribution is 5.80. The summed E-state index contributed by atoms with van der Waals surface area (Å²) in [6.07, 6.45) is 1.32. The number of anilines is 2. The van der Waals surface area contributed by atoms with Crippen molar-refractivity contribution < 1.29 is 0 Å². The highest BCUT2D eigenvalue weighted by Gasteiger charge is 2.21. The van der Waals surface area contributed by atoms with Crippen molar-refractivity contribution in [2.75, 3.05) is 23.3 Å². The van der Waals surface area contributed by atoms with Gasteiger partial charge in [0.1, 0.15) is 0 Å². The van der Waals surface area contributed by atoms with Gasteiger partial charge in [0.05, 0.1) is 0 Å². The van der Waals surface area contributed by atoms with Crippen LogP contribution in [-0.4, -0.2) is 18.1 Å². The van der Waals surface area contributed by atoms with E-state index in [-0.39, 0.29) is 5.56 Å². The summed E-state index contributed by atoms with van der Waals surface area (Å²) in [4.78, 5) is 18.0. The van der Waals surface area contributed by atoms with Gasteiger partial charge in [0.15, 0.2) is 0 Å². The van der Waals surface area contributed by atoms with E-state index in [0.29, 0.717) is 6.54 Å². The van der Waals surface area contributed by atoms with Gasteiger partial charge in [-0.25, -0.2) is 0 Å². The maximum absolute atomic E-state index is 12.5. The monoisotopic (exact) mass is 389 g/mol. The summed E-state index contributed by atoms with van der Waals surface area (Å²) in [7, 11) is 0. The van der Waals surface area contributed by atoms with E-state index in [0.717, 1.165) is 47.1 Å². The third-order valence-corrected chi connectivity index (χ3v) is 6.12. The van der Waals surface area contributed by atoms with Crippen LogP contribution >= 0.6 is 0 Å². The molecule has 2 heterocycles. The molecule has 0 amide bonds. The van der Waals surface area contributed by atoms with E-state index in [2.05, 4.69) is 73.2 Å². The molecule has 4 rings (SSSR count). The first-order valence-corrected chi connectivity index (χ1v) is 10.6. The fourth-order valence-electron chi connectivity index (χ4n) is 4.51. The van der Waals surface area contributed by atoms with Crippen molar-refractivity contribution >= 4 is 22.3 Å². The molecular formula is C25H31N3O. The number of hydrogen-bond acceptors (Lipinski definition) is 3. The summed E-state index contributed by atoms with van der Waals surface area (Å²) in [5.41, 5.74) is 6.37. The van der Waals surface area contributed by atoms with Gasteiger partial charge in [-0.1, -0.05) is 13.8 Å². The lowest BCUT2D eigenvalue weighted by Gasteiger charge is -2.36. The van der Waals surface area contributed by atoms with E-state index in [1.165, 1.54) is 23.2 Å². The quantitative estimate of drug-likeness (QED) is 0.641. The van der Waals surface area contributed by atoms with E-state index in [1.54, 1.807) is 0 Å². The Bertz CT molecular complexity index is 1060. The second-order valence-corrected chi connectivity index (χ2v) is 8.90. The summed E-state index contributed by atoms with van der Waals surface area (Å²) < 4.78 is 0. The summed E-state index contributed by atoms with van der Waals surface area (Å²) in [5, 5.41) is 4.48. The molecule has 0 radical (unpaired) electrons. The van der Waals surface area contributed by atoms with E-state index in [9.17, 15) is 4.79 Å². The number of hydrogen-bond donors (Lipinski definition) is 2. The Hall–Kier alpha value is -2.75. The van der Waals surface area contributed by atoms with Crippen LogP contribution < -0.4 is 15.8 Å².